The predicted octanol–water partition coefficient (Wildman–Crippen LogP) is 3.41. The Morgan fingerprint density at radius 1 is 0.793 bits per heavy atom. The molecule has 0 fully saturated rings. The Bertz CT molecular complexity index is 970. The van der Waals surface area contributed by atoms with Crippen molar-refractivity contribution in [3.8, 4) is 5.75 Å². The molecule has 148 valence electrons. The fraction of sp³-hybridized carbons (Fsp3) is 0.130. The van der Waals surface area contributed by atoms with E-state index in [-0.39, 0.29) is 5.91 Å². The summed E-state index contributed by atoms with van der Waals surface area (Å²) in [5.41, 5.74) is 7.71. The Balaban J connectivity index is 1.52. The first kappa shape index (κ1) is 19.9. The molecule has 0 aliphatic heterocycles. The average molecular weight is 389 g/mol. The summed E-state index contributed by atoms with van der Waals surface area (Å²) in [4.78, 5) is 26.4. The van der Waals surface area contributed by atoms with Crippen molar-refractivity contribution in [2.24, 2.45) is 0 Å². The number of amides is 2. The van der Waals surface area contributed by atoms with E-state index in [1.807, 2.05) is 55.4 Å². The summed E-state index contributed by atoms with van der Waals surface area (Å²) >= 11 is 0. The third-order valence-corrected chi connectivity index (χ3v) is 4.28. The van der Waals surface area contributed by atoms with Gasteiger partial charge in [-0.2, -0.15) is 0 Å². The summed E-state index contributed by atoms with van der Waals surface area (Å²) in [5.74, 6) is -0.128. The van der Waals surface area contributed by atoms with Gasteiger partial charge >= 0.3 is 0 Å². The number of hydrazine groups is 1. The number of nitrogens with one attached hydrogen (secondary N) is 2. The second-order valence-electron chi connectivity index (χ2n) is 6.65. The van der Waals surface area contributed by atoms with E-state index in [1.165, 1.54) is 0 Å². The van der Waals surface area contributed by atoms with Crippen molar-refractivity contribution >= 4 is 17.5 Å². The Morgan fingerprint density at radius 2 is 1.45 bits per heavy atom. The Morgan fingerprint density at radius 3 is 2.10 bits per heavy atom. The minimum atomic E-state index is -0.406. The molecule has 0 unspecified atom stereocenters. The molecular formula is C23H23N3O3. The molecule has 3 aromatic rings. The summed E-state index contributed by atoms with van der Waals surface area (Å²) in [6.45, 7) is 0.453. The second-order valence-corrected chi connectivity index (χ2v) is 6.65. The normalized spacial score (nSPS) is 10.1. The van der Waals surface area contributed by atoms with E-state index in [2.05, 4.69) is 10.9 Å². The van der Waals surface area contributed by atoms with Crippen LogP contribution in [-0.4, -0.2) is 25.9 Å². The number of carbonyl (C=O) groups is 2. The van der Waals surface area contributed by atoms with Gasteiger partial charge in [-0.1, -0.05) is 36.4 Å². The molecule has 0 aromatic heterocycles. The summed E-state index contributed by atoms with van der Waals surface area (Å²) in [5, 5.41) is 0. The zero-order valence-corrected chi connectivity index (χ0v) is 16.4. The van der Waals surface area contributed by atoms with Gasteiger partial charge in [0.05, 0.1) is 0 Å². The molecule has 0 bridgehead atoms. The van der Waals surface area contributed by atoms with E-state index >= 15 is 0 Å². The molecule has 0 atom stereocenters. The predicted molar refractivity (Wildman–Crippen MR) is 113 cm³/mol. The van der Waals surface area contributed by atoms with Gasteiger partial charge in [-0.25, -0.2) is 0 Å². The highest BCUT2D eigenvalue weighted by Gasteiger charge is 2.10. The Kier molecular flexibility index (Phi) is 6.47. The van der Waals surface area contributed by atoms with Gasteiger partial charge in [0.15, 0.2) is 0 Å². The van der Waals surface area contributed by atoms with Crippen LogP contribution >= 0.6 is 0 Å². The highest BCUT2D eigenvalue weighted by Crippen LogP contribution is 2.15. The highest BCUT2D eigenvalue weighted by atomic mass is 16.5. The van der Waals surface area contributed by atoms with Crippen molar-refractivity contribution in [3.63, 3.8) is 0 Å². The first-order valence-corrected chi connectivity index (χ1v) is 9.18. The van der Waals surface area contributed by atoms with Gasteiger partial charge in [-0.05, 0) is 48.0 Å². The number of ether oxygens (including phenoxy) is 1. The number of rotatable bonds is 6. The lowest BCUT2D eigenvalue weighted by Crippen LogP contribution is -2.41. The van der Waals surface area contributed by atoms with E-state index < -0.39 is 5.91 Å². The maximum Gasteiger partial charge on any atom is 0.269 e. The summed E-state index contributed by atoms with van der Waals surface area (Å²) < 4.78 is 5.71. The summed E-state index contributed by atoms with van der Waals surface area (Å²) in [6.07, 6.45) is 0. The Labute approximate surface area is 170 Å². The van der Waals surface area contributed by atoms with Gasteiger partial charge in [0.1, 0.15) is 12.4 Å². The van der Waals surface area contributed by atoms with Crippen LogP contribution in [0.4, 0.5) is 5.69 Å². The van der Waals surface area contributed by atoms with Gasteiger partial charge in [-0.15, -0.1) is 0 Å². The quantitative estimate of drug-likeness (QED) is 0.634. The molecular weight excluding hydrogens is 366 g/mol. The van der Waals surface area contributed by atoms with Crippen LogP contribution in [0.25, 0.3) is 0 Å². The Hall–Kier alpha value is -3.80. The van der Waals surface area contributed by atoms with Crippen molar-refractivity contribution in [1.82, 2.24) is 10.9 Å². The van der Waals surface area contributed by atoms with Crippen LogP contribution in [-0.2, 0) is 6.61 Å². The van der Waals surface area contributed by atoms with Crippen molar-refractivity contribution in [2.75, 3.05) is 19.0 Å². The molecule has 3 aromatic carbocycles. The lowest BCUT2D eigenvalue weighted by molar-refractivity contribution is 0.0846. The highest BCUT2D eigenvalue weighted by molar-refractivity contribution is 5.99. The average Bonchev–Trinajstić information content (AvgIpc) is 2.77. The van der Waals surface area contributed by atoms with E-state index in [1.54, 1.807) is 42.5 Å². The summed E-state index contributed by atoms with van der Waals surface area (Å²) in [6, 6.07) is 23.7. The maximum absolute atomic E-state index is 12.3. The molecule has 6 nitrogen and oxygen atoms in total. The van der Waals surface area contributed by atoms with Crippen LogP contribution in [0.2, 0.25) is 0 Å². The minimum absolute atomic E-state index is 0.384. The van der Waals surface area contributed by atoms with Crippen molar-refractivity contribution < 1.29 is 14.3 Å². The van der Waals surface area contributed by atoms with Gasteiger partial charge in [-0.3, -0.25) is 20.4 Å². The van der Waals surface area contributed by atoms with E-state index in [0.29, 0.717) is 23.5 Å². The first-order chi connectivity index (χ1) is 14.0. The molecule has 0 aliphatic carbocycles. The molecule has 3 rings (SSSR count). The third-order valence-electron chi connectivity index (χ3n) is 4.28. The van der Waals surface area contributed by atoms with Crippen LogP contribution in [0.3, 0.4) is 0 Å². The third kappa shape index (κ3) is 5.59. The first-order valence-electron chi connectivity index (χ1n) is 9.18. The standard InChI is InChI=1S/C23H23N3O3/c1-26(2)20-10-6-9-19(15-20)23(28)25-24-22(27)18-11-13-21(14-12-18)29-16-17-7-4-3-5-8-17/h3-15H,16H2,1-2H3,(H,24,27)(H,25,28). The number of benzene rings is 3. The van der Waals surface area contributed by atoms with Crippen molar-refractivity contribution in [3.05, 3.63) is 95.6 Å². The maximum atomic E-state index is 12.3. The number of hydrogen-bond acceptors (Lipinski definition) is 4. The molecule has 2 amide bonds. The SMILES string of the molecule is CN(C)c1cccc(C(=O)NNC(=O)c2ccc(OCc3ccccc3)cc2)c1. The molecule has 6 heteroatoms. The van der Waals surface area contributed by atoms with E-state index in [9.17, 15) is 9.59 Å². The van der Waals surface area contributed by atoms with Gasteiger partial charge in [0, 0.05) is 30.9 Å². The largest absolute Gasteiger partial charge is 0.489 e. The van der Waals surface area contributed by atoms with Crippen molar-refractivity contribution in [2.45, 2.75) is 6.61 Å². The lowest BCUT2D eigenvalue weighted by Gasteiger charge is -2.13. The number of hydrogen-bond donors (Lipinski definition) is 2. The molecule has 0 radical (unpaired) electrons. The number of carbonyl (C=O) groups excluding carboxylic acids is 2. The van der Waals surface area contributed by atoms with Gasteiger partial charge in [0.25, 0.3) is 11.8 Å². The molecule has 2 N–H and O–H groups in total. The summed E-state index contributed by atoms with van der Waals surface area (Å²) in [7, 11) is 3.79. The molecule has 0 aliphatic rings. The van der Waals surface area contributed by atoms with Crippen LogP contribution < -0.4 is 20.5 Å². The van der Waals surface area contributed by atoms with Gasteiger partial charge in [0.2, 0.25) is 0 Å². The number of nitrogens with zero attached hydrogens (tertiary/aromatic N) is 1. The van der Waals surface area contributed by atoms with E-state index in [0.717, 1.165) is 11.3 Å². The molecule has 29 heavy (non-hydrogen) atoms. The van der Waals surface area contributed by atoms with Crippen LogP contribution in [0, 0.1) is 0 Å². The smallest absolute Gasteiger partial charge is 0.269 e. The molecule has 0 heterocycles. The zero-order valence-electron chi connectivity index (χ0n) is 16.4. The van der Waals surface area contributed by atoms with Crippen molar-refractivity contribution in [1.29, 1.82) is 0 Å². The topological polar surface area (TPSA) is 70.7 Å². The van der Waals surface area contributed by atoms with Crippen LogP contribution in [0.1, 0.15) is 26.3 Å². The van der Waals surface area contributed by atoms with Crippen LogP contribution in [0.5, 0.6) is 5.75 Å². The molecule has 0 saturated carbocycles. The zero-order chi connectivity index (χ0) is 20.6. The van der Waals surface area contributed by atoms with E-state index in [4.69, 9.17) is 4.74 Å². The monoisotopic (exact) mass is 389 g/mol. The number of anilines is 1. The minimum Gasteiger partial charge on any atom is -0.489 e. The molecule has 0 spiro atoms. The molecule has 0 saturated heterocycles. The van der Waals surface area contributed by atoms with Gasteiger partial charge < -0.3 is 9.64 Å². The fourth-order valence-electron chi connectivity index (χ4n) is 2.63. The van der Waals surface area contributed by atoms with Crippen LogP contribution in [0.15, 0.2) is 78.9 Å². The second kappa shape index (κ2) is 9.41. The fourth-order valence-corrected chi connectivity index (χ4v) is 2.63. The lowest BCUT2D eigenvalue weighted by atomic mass is 10.2.